The smallest absolute Gasteiger partial charge is 0.177 e. The molecule has 4 aromatic rings. The largest absolute Gasteiger partial charge is 0.371 e. The molecule has 0 saturated carbocycles. The Morgan fingerprint density at radius 3 is 2.33 bits per heavy atom. The lowest BCUT2D eigenvalue weighted by Crippen LogP contribution is -2.46. The van der Waals surface area contributed by atoms with Crippen LogP contribution in [0, 0.1) is 0 Å². The Balaban J connectivity index is 1.18. The van der Waals surface area contributed by atoms with E-state index < -0.39 is 0 Å². The molecule has 6 nitrogen and oxygen atoms in total. The summed E-state index contributed by atoms with van der Waals surface area (Å²) in [6.45, 7) is 8.10. The van der Waals surface area contributed by atoms with E-state index >= 15 is 0 Å². The van der Waals surface area contributed by atoms with Crippen molar-refractivity contribution in [2.75, 3.05) is 31.1 Å². The van der Waals surface area contributed by atoms with E-state index in [1.807, 2.05) is 18.2 Å². The Kier molecular flexibility index (Phi) is 4.89. The van der Waals surface area contributed by atoms with Crippen LogP contribution in [-0.4, -0.2) is 50.9 Å². The molecule has 3 heterocycles. The Morgan fingerprint density at radius 1 is 0.833 bits per heavy atom. The number of anilines is 1. The first-order valence-electron chi connectivity index (χ1n) is 10.3. The molecule has 1 saturated heterocycles. The summed E-state index contributed by atoms with van der Waals surface area (Å²) in [7, 11) is 0. The van der Waals surface area contributed by atoms with E-state index in [-0.39, 0.29) is 0 Å². The molecule has 2 aromatic carbocycles. The third-order valence-corrected chi connectivity index (χ3v) is 5.67. The summed E-state index contributed by atoms with van der Waals surface area (Å²) in [6.07, 6.45) is 2.51. The van der Waals surface area contributed by atoms with Crippen molar-refractivity contribution in [2.24, 2.45) is 0 Å². The van der Waals surface area contributed by atoms with Crippen molar-refractivity contribution < 1.29 is 0 Å². The topological polar surface area (TPSA) is 49.6 Å². The Morgan fingerprint density at radius 2 is 1.57 bits per heavy atom. The summed E-state index contributed by atoms with van der Waals surface area (Å²) in [5.74, 6) is 0.962. The molecule has 6 heteroatoms. The van der Waals surface area contributed by atoms with E-state index in [2.05, 4.69) is 80.2 Å². The van der Waals surface area contributed by atoms with Gasteiger partial charge in [0.15, 0.2) is 5.65 Å². The van der Waals surface area contributed by atoms with Crippen molar-refractivity contribution in [3.8, 4) is 11.1 Å². The van der Waals surface area contributed by atoms with Crippen molar-refractivity contribution in [1.82, 2.24) is 24.7 Å². The van der Waals surface area contributed by atoms with Crippen LogP contribution in [0.5, 0.6) is 0 Å². The number of hydrogen-bond donors (Lipinski definition) is 0. The number of aromatic nitrogens is 4. The maximum absolute atomic E-state index is 4.61. The minimum absolute atomic E-state index is 0.768. The molecule has 1 fully saturated rings. The second-order valence-electron chi connectivity index (χ2n) is 7.61. The number of nitrogens with zero attached hydrogens (tertiary/aromatic N) is 6. The molecule has 0 aliphatic carbocycles. The average molecular weight is 396 g/mol. The summed E-state index contributed by atoms with van der Waals surface area (Å²) in [5, 5.41) is 12.5. The Bertz CT molecular complexity index is 1140. The number of allylic oxidation sites excluding steroid dienone is 1. The molecule has 30 heavy (non-hydrogen) atoms. The first-order chi connectivity index (χ1) is 14.8. The highest BCUT2D eigenvalue weighted by Gasteiger charge is 2.19. The van der Waals surface area contributed by atoms with Crippen molar-refractivity contribution >= 4 is 11.5 Å². The van der Waals surface area contributed by atoms with Crippen LogP contribution in [0.3, 0.4) is 0 Å². The van der Waals surface area contributed by atoms with Crippen molar-refractivity contribution in [3.63, 3.8) is 0 Å². The SMILES string of the molecule is C=C(Cc1ccc(-c2ccccc2)cc1)N1CCN(c2ccc3nncn3n2)CC1. The van der Waals surface area contributed by atoms with Gasteiger partial charge in [0.25, 0.3) is 0 Å². The zero-order valence-electron chi connectivity index (χ0n) is 16.9. The van der Waals surface area contributed by atoms with Crippen LogP contribution in [0.2, 0.25) is 0 Å². The Hall–Kier alpha value is -3.67. The standard InChI is InChI=1S/C24H24N6/c1-19(17-20-7-9-22(10-8-20)21-5-3-2-4-6-21)28-13-15-29(16-14-28)24-12-11-23-26-25-18-30(23)27-24/h2-12,18H,1,13-17H2. The van der Waals surface area contributed by atoms with Gasteiger partial charge in [0.1, 0.15) is 12.1 Å². The highest BCUT2D eigenvalue weighted by molar-refractivity contribution is 5.63. The lowest BCUT2D eigenvalue weighted by atomic mass is 10.0. The number of piperazine rings is 1. The normalized spacial score (nSPS) is 14.3. The molecule has 5 rings (SSSR count). The summed E-state index contributed by atoms with van der Waals surface area (Å²) in [4.78, 5) is 4.69. The van der Waals surface area contributed by atoms with Gasteiger partial charge < -0.3 is 9.80 Å². The van der Waals surface area contributed by atoms with E-state index in [1.54, 1.807) is 10.8 Å². The molecule has 0 unspecified atom stereocenters. The summed E-state index contributed by atoms with van der Waals surface area (Å²) in [6, 6.07) is 23.3. The zero-order valence-corrected chi connectivity index (χ0v) is 16.9. The predicted molar refractivity (Wildman–Crippen MR) is 119 cm³/mol. The molecular formula is C24H24N6. The van der Waals surface area contributed by atoms with Gasteiger partial charge in [-0.25, -0.2) is 0 Å². The molecule has 0 spiro atoms. The third-order valence-electron chi connectivity index (χ3n) is 5.67. The minimum Gasteiger partial charge on any atom is -0.371 e. The average Bonchev–Trinajstić information content (AvgIpc) is 3.28. The maximum Gasteiger partial charge on any atom is 0.177 e. The van der Waals surface area contributed by atoms with E-state index in [4.69, 9.17) is 0 Å². The molecule has 150 valence electrons. The zero-order chi connectivity index (χ0) is 20.3. The second-order valence-corrected chi connectivity index (χ2v) is 7.61. The highest BCUT2D eigenvalue weighted by atomic mass is 15.4. The van der Waals surface area contributed by atoms with Gasteiger partial charge in [-0.2, -0.15) is 4.52 Å². The van der Waals surface area contributed by atoms with Crippen LogP contribution in [0.25, 0.3) is 16.8 Å². The lowest BCUT2D eigenvalue weighted by molar-refractivity contribution is 0.315. The number of benzene rings is 2. The molecule has 1 aliphatic rings. The van der Waals surface area contributed by atoms with Crippen molar-refractivity contribution in [1.29, 1.82) is 0 Å². The summed E-state index contributed by atoms with van der Waals surface area (Å²) in [5.41, 5.74) is 5.73. The van der Waals surface area contributed by atoms with E-state index in [9.17, 15) is 0 Å². The van der Waals surface area contributed by atoms with Gasteiger partial charge in [-0.05, 0) is 28.8 Å². The van der Waals surface area contributed by atoms with Crippen molar-refractivity contribution in [2.45, 2.75) is 6.42 Å². The molecule has 0 bridgehead atoms. The van der Waals surface area contributed by atoms with Gasteiger partial charge in [-0.3, -0.25) is 0 Å². The molecular weight excluding hydrogens is 372 g/mol. The first-order valence-corrected chi connectivity index (χ1v) is 10.3. The second kappa shape index (κ2) is 7.99. The Labute approximate surface area is 176 Å². The third kappa shape index (κ3) is 3.76. The van der Waals surface area contributed by atoms with Gasteiger partial charge >= 0.3 is 0 Å². The van der Waals surface area contributed by atoms with Crippen LogP contribution in [-0.2, 0) is 6.42 Å². The van der Waals surface area contributed by atoms with Gasteiger partial charge in [-0.1, -0.05) is 61.2 Å². The van der Waals surface area contributed by atoms with Crippen LogP contribution >= 0.6 is 0 Å². The van der Waals surface area contributed by atoms with Crippen LogP contribution in [0.4, 0.5) is 5.82 Å². The van der Waals surface area contributed by atoms with E-state index in [0.29, 0.717) is 0 Å². The quantitative estimate of drug-likeness (QED) is 0.515. The molecule has 1 aliphatic heterocycles. The summed E-state index contributed by atoms with van der Waals surface area (Å²) >= 11 is 0. The molecule has 0 N–H and O–H groups in total. The van der Waals surface area contributed by atoms with Crippen LogP contribution < -0.4 is 4.90 Å². The fourth-order valence-corrected chi connectivity index (χ4v) is 3.93. The lowest BCUT2D eigenvalue weighted by Gasteiger charge is -2.37. The molecule has 0 amide bonds. The number of hydrogen-bond acceptors (Lipinski definition) is 5. The van der Waals surface area contributed by atoms with Crippen LogP contribution in [0.1, 0.15) is 5.56 Å². The number of rotatable bonds is 5. The predicted octanol–water partition coefficient (Wildman–Crippen LogP) is 3.67. The van der Waals surface area contributed by atoms with Crippen molar-refractivity contribution in [3.05, 3.63) is 90.9 Å². The monoisotopic (exact) mass is 396 g/mol. The maximum atomic E-state index is 4.61. The molecule has 0 radical (unpaired) electrons. The van der Waals surface area contributed by atoms with Gasteiger partial charge in [0.2, 0.25) is 0 Å². The van der Waals surface area contributed by atoms with E-state index in [1.165, 1.54) is 22.4 Å². The molecule has 0 atom stereocenters. The van der Waals surface area contributed by atoms with Crippen LogP contribution in [0.15, 0.2) is 85.3 Å². The minimum atomic E-state index is 0.768. The fourth-order valence-electron chi connectivity index (χ4n) is 3.93. The van der Waals surface area contributed by atoms with Gasteiger partial charge in [-0.15, -0.1) is 15.3 Å². The highest BCUT2D eigenvalue weighted by Crippen LogP contribution is 2.22. The first kappa shape index (κ1) is 18.4. The van der Waals surface area contributed by atoms with E-state index in [0.717, 1.165) is 44.1 Å². The molecule has 2 aromatic heterocycles. The fraction of sp³-hybridized carbons (Fsp3) is 0.208. The van der Waals surface area contributed by atoms with Gasteiger partial charge in [0, 0.05) is 38.3 Å². The summed E-state index contributed by atoms with van der Waals surface area (Å²) < 4.78 is 1.72. The number of fused-ring (bicyclic) bond motifs is 1. The van der Waals surface area contributed by atoms with Gasteiger partial charge in [0.05, 0.1) is 0 Å².